The maximum Gasteiger partial charge on any atom is 0.343 e. The second kappa shape index (κ2) is 5.49. The van der Waals surface area contributed by atoms with Crippen molar-refractivity contribution in [1.82, 2.24) is 10.2 Å². The quantitative estimate of drug-likeness (QED) is 0.581. The number of esters is 1. The molecule has 0 bridgehead atoms. The Morgan fingerprint density at radius 2 is 2.08 bits per heavy atom. The van der Waals surface area contributed by atoms with Crippen LogP contribution < -0.4 is 9.64 Å². The summed E-state index contributed by atoms with van der Waals surface area (Å²) in [5, 5.41) is 7.67. The first-order chi connectivity index (χ1) is 11.6. The van der Waals surface area contributed by atoms with Gasteiger partial charge in [-0.05, 0) is 48.4 Å². The van der Waals surface area contributed by atoms with Gasteiger partial charge in [0, 0.05) is 24.5 Å². The molecular formula is C18H15N3O3. The van der Waals surface area contributed by atoms with E-state index in [9.17, 15) is 9.59 Å². The highest BCUT2D eigenvalue weighted by molar-refractivity contribution is 5.96. The SMILES string of the molecule is CC(=O)N1CCc2cc(C(=O)Oc3ccc4[nH]ncc4c3)ccc21. The van der Waals surface area contributed by atoms with Gasteiger partial charge in [0.1, 0.15) is 5.75 Å². The second-order valence-electron chi connectivity index (χ2n) is 5.77. The summed E-state index contributed by atoms with van der Waals surface area (Å²) in [7, 11) is 0. The van der Waals surface area contributed by atoms with Crippen molar-refractivity contribution in [2.24, 2.45) is 0 Å². The first-order valence-electron chi connectivity index (χ1n) is 7.68. The van der Waals surface area contributed by atoms with E-state index in [-0.39, 0.29) is 5.91 Å². The average Bonchev–Trinajstić information content (AvgIpc) is 3.20. The van der Waals surface area contributed by atoms with Crippen LogP contribution in [0.3, 0.4) is 0 Å². The van der Waals surface area contributed by atoms with Crippen molar-refractivity contribution in [1.29, 1.82) is 0 Å². The summed E-state index contributed by atoms with van der Waals surface area (Å²) in [4.78, 5) is 25.7. The predicted molar refractivity (Wildman–Crippen MR) is 89.2 cm³/mol. The number of nitrogens with zero attached hydrogens (tertiary/aromatic N) is 2. The van der Waals surface area contributed by atoms with E-state index < -0.39 is 5.97 Å². The van der Waals surface area contributed by atoms with Crippen molar-refractivity contribution < 1.29 is 14.3 Å². The molecule has 120 valence electrons. The molecule has 1 N–H and O–H groups in total. The van der Waals surface area contributed by atoms with Crippen molar-refractivity contribution in [3.8, 4) is 5.75 Å². The number of hydrogen-bond donors (Lipinski definition) is 1. The Morgan fingerprint density at radius 3 is 2.92 bits per heavy atom. The summed E-state index contributed by atoms with van der Waals surface area (Å²) in [6.45, 7) is 2.20. The maximum atomic E-state index is 12.4. The zero-order valence-electron chi connectivity index (χ0n) is 13.1. The molecule has 1 aliphatic heterocycles. The van der Waals surface area contributed by atoms with Gasteiger partial charge in [-0.2, -0.15) is 5.10 Å². The Bertz CT molecular complexity index is 961. The Labute approximate surface area is 138 Å². The largest absolute Gasteiger partial charge is 0.423 e. The number of hydrogen-bond acceptors (Lipinski definition) is 4. The molecule has 2 heterocycles. The molecule has 1 aliphatic rings. The van der Waals surface area contributed by atoms with Crippen LogP contribution in [-0.4, -0.2) is 28.6 Å². The van der Waals surface area contributed by atoms with Crippen molar-refractivity contribution >= 4 is 28.5 Å². The summed E-state index contributed by atoms with van der Waals surface area (Å²) >= 11 is 0. The molecule has 3 aromatic rings. The Hall–Kier alpha value is -3.15. The van der Waals surface area contributed by atoms with Crippen LogP contribution in [-0.2, 0) is 11.2 Å². The first-order valence-corrected chi connectivity index (χ1v) is 7.68. The summed E-state index contributed by atoms with van der Waals surface area (Å²) in [5.74, 6) is 0.0687. The Balaban J connectivity index is 1.57. The van der Waals surface area contributed by atoms with Crippen molar-refractivity contribution in [2.75, 3.05) is 11.4 Å². The van der Waals surface area contributed by atoms with E-state index in [1.54, 1.807) is 48.4 Å². The number of nitrogens with one attached hydrogen (secondary N) is 1. The molecule has 0 atom stereocenters. The second-order valence-corrected chi connectivity index (χ2v) is 5.77. The molecule has 4 rings (SSSR count). The van der Waals surface area contributed by atoms with Crippen molar-refractivity contribution in [3.63, 3.8) is 0 Å². The molecule has 1 aromatic heterocycles. The summed E-state index contributed by atoms with van der Waals surface area (Å²) in [6, 6.07) is 10.6. The monoisotopic (exact) mass is 321 g/mol. The summed E-state index contributed by atoms with van der Waals surface area (Å²) in [6.07, 6.45) is 2.43. The van der Waals surface area contributed by atoms with Gasteiger partial charge in [-0.1, -0.05) is 0 Å². The van der Waals surface area contributed by atoms with Gasteiger partial charge in [0.15, 0.2) is 0 Å². The summed E-state index contributed by atoms with van der Waals surface area (Å²) < 4.78 is 5.45. The lowest BCUT2D eigenvalue weighted by atomic mass is 10.1. The molecule has 0 fully saturated rings. The molecule has 0 saturated heterocycles. The van der Waals surface area contributed by atoms with Gasteiger partial charge >= 0.3 is 5.97 Å². The number of carbonyl (C=O) groups is 2. The fourth-order valence-electron chi connectivity index (χ4n) is 3.01. The fourth-order valence-corrected chi connectivity index (χ4v) is 3.01. The predicted octanol–water partition coefficient (Wildman–Crippen LogP) is 2.69. The zero-order valence-corrected chi connectivity index (χ0v) is 13.1. The van der Waals surface area contributed by atoms with Crippen LogP contribution in [0, 0.1) is 0 Å². The Kier molecular flexibility index (Phi) is 3.30. The van der Waals surface area contributed by atoms with Crippen molar-refractivity contribution in [3.05, 3.63) is 53.7 Å². The number of ether oxygens (including phenoxy) is 1. The number of H-pyrrole nitrogens is 1. The molecule has 0 saturated carbocycles. The number of carbonyl (C=O) groups excluding carboxylic acids is 2. The van der Waals surface area contributed by atoms with Gasteiger partial charge < -0.3 is 9.64 Å². The van der Waals surface area contributed by atoms with Gasteiger partial charge in [-0.15, -0.1) is 0 Å². The average molecular weight is 321 g/mol. The van der Waals surface area contributed by atoms with E-state index >= 15 is 0 Å². The number of anilines is 1. The third-order valence-corrected chi connectivity index (χ3v) is 4.21. The Morgan fingerprint density at radius 1 is 1.21 bits per heavy atom. The highest BCUT2D eigenvalue weighted by atomic mass is 16.5. The number of aromatic amines is 1. The van der Waals surface area contributed by atoms with Gasteiger partial charge in [-0.25, -0.2) is 4.79 Å². The highest BCUT2D eigenvalue weighted by Crippen LogP contribution is 2.29. The van der Waals surface area contributed by atoms with Crippen LogP contribution >= 0.6 is 0 Å². The molecule has 0 aliphatic carbocycles. The van der Waals surface area contributed by atoms with Crippen LogP contribution in [0.1, 0.15) is 22.8 Å². The normalized spacial score (nSPS) is 13.1. The van der Waals surface area contributed by atoms with E-state index in [4.69, 9.17) is 4.74 Å². The minimum Gasteiger partial charge on any atom is -0.423 e. The first kappa shape index (κ1) is 14.4. The molecule has 2 aromatic carbocycles. The van der Waals surface area contributed by atoms with Crippen LogP contribution in [0.2, 0.25) is 0 Å². The topological polar surface area (TPSA) is 75.3 Å². The van der Waals surface area contributed by atoms with E-state index in [1.807, 2.05) is 6.07 Å². The molecular weight excluding hydrogens is 306 g/mol. The third-order valence-electron chi connectivity index (χ3n) is 4.21. The van der Waals surface area contributed by atoms with Gasteiger partial charge in [0.05, 0.1) is 17.3 Å². The molecule has 24 heavy (non-hydrogen) atoms. The molecule has 6 nitrogen and oxygen atoms in total. The van der Waals surface area contributed by atoms with Gasteiger partial charge in [0.25, 0.3) is 0 Å². The van der Waals surface area contributed by atoms with Crippen LogP contribution in [0.25, 0.3) is 10.9 Å². The molecule has 1 amide bonds. The number of aromatic nitrogens is 2. The van der Waals surface area contributed by atoms with E-state index in [2.05, 4.69) is 10.2 Å². The van der Waals surface area contributed by atoms with Crippen molar-refractivity contribution in [2.45, 2.75) is 13.3 Å². The van der Waals surface area contributed by atoms with Gasteiger partial charge in [0.2, 0.25) is 5.91 Å². The lowest BCUT2D eigenvalue weighted by Crippen LogP contribution is -2.25. The zero-order chi connectivity index (χ0) is 16.7. The van der Waals surface area contributed by atoms with Gasteiger partial charge in [-0.3, -0.25) is 9.89 Å². The van der Waals surface area contributed by atoms with Crippen LogP contribution in [0.15, 0.2) is 42.6 Å². The number of rotatable bonds is 2. The summed E-state index contributed by atoms with van der Waals surface area (Å²) in [5.41, 5.74) is 3.23. The van der Waals surface area contributed by atoms with Crippen LogP contribution in [0.4, 0.5) is 5.69 Å². The number of fused-ring (bicyclic) bond motifs is 2. The van der Waals surface area contributed by atoms with E-state index in [1.165, 1.54) is 0 Å². The molecule has 6 heteroatoms. The molecule has 0 radical (unpaired) electrons. The standard InChI is InChI=1S/C18H15N3O3/c1-11(22)21-7-6-12-8-13(2-5-17(12)21)18(23)24-15-3-4-16-14(9-15)10-19-20-16/h2-5,8-10H,6-7H2,1H3,(H,19,20). The number of benzene rings is 2. The highest BCUT2D eigenvalue weighted by Gasteiger charge is 2.23. The van der Waals surface area contributed by atoms with Crippen LogP contribution in [0.5, 0.6) is 5.75 Å². The lowest BCUT2D eigenvalue weighted by molar-refractivity contribution is -0.116. The fraction of sp³-hybridized carbons (Fsp3) is 0.167. The van der Waals surface area contributed by atoms with E-state index in [0.29, 0.717) is 17.9 Å². The minimum absolute atomic E-state index is 0.0116. The minimum atomic E-state index is -0.415. The van der Waals surface area contributed by atoms with E-state index in [0.717, 1.165) is 28.6 Å². The molecule has 0 unspecified atom stereocenters. The smallest absolute Gasteiger partial charge is 0.343 e. The number of amides is 1. The molecule has 0 spiro atoms. The lowest BCUT2D eigenvalue weighted by Gasteiger charge is -2.14. The third kappa shape index (κ3) is 2.42. The maximum absolute atomic E-state index is 12.4.